The molecular formula is C27H31F3N2O4SSi. The molecule has 2 N–H and O–H groups in total. The summed E-state index contributed by atoms with van der Waals surface area (Å²) in [6.07, 6.45) is -3.38. The van der Waals surface area contributed by atoms with Crippen molar-refractivity contribution in [2.75, 3.05) is 16.3 Å². The second-order valence-corrected chi connectivity index (χ2v) is 17.0. The van der Waals surface area contributed by atoms with Crippen LogP contribution >= 0.6 is 0 Å². The van der Waals surface area contributed by atoms with E-state index in [1.807, 2.05) is 13.1 Å². The Morgan fingerprint density at radius 1 is 0.868 bits per heavy atom. The molecule has 3 aromatic carbocycles. The van der Waals surface area contributed by atoms with Crippen LogP contribution in [-0.4, -0.2) is 28.9 Å². The number of hydrogen-bond acceptors (Lipinski definition) is 4. The molecule has 0 aliphatic rings. The van der Waals surface area contributed by atoms with E-state index in [1.54, 1.807) is 36.4 Å². The molecule has 0 spiro atoms. The highest BCUT2D eigenvalue weighted by atomic mass is 32.2. The van der Waals surface area contributed by atoms with Crippen LogP contribution in [0.1, 0.15) is 36.7 Å². The van der Waals surface area contributed by atoms with Gasteiger partial charge in [0, 0.05) is 11.3 Å². The van der Waals surface area contributed by atoms with Crippen molar-refractivity contribution in [2.45, 2.75) is 45.1 Å². The van der Waals surface area contributed by atoms with Gasteiger partial charge in [0.05, 0.1) is 17.5 Å². The van der Waals surface area contributed by atoms with E-state index < -0.39 is 36.0 Å². The maximum absolute atomic E-state index is 12.9. The highest BCUT2D eigenvalue weighted by Gasteiger charge is 2.39. The second-order valence-electron chi connectivity index (χ2n) is 10.6. The van der Waals surface area contributed by atoms with Crippen LogP contribution in [0.2, 0.25) is 18.1 Å². The van der Waals surface area contributed by atoms with Gasteiger partial charge in [-0.05, 0) is 71.7 Å². The molecule has 3 rings (SSSR count). The molecular weight excluding hydrogens is 533 g/mol. The molecule has 0 aliphatic heterocycles. The first-order chi connectivity index (χ1) is 17.4. The van der Waals surface area contributed by atoms with Crippen LogP contribution in [0.15, 0.2) is 66.7 Å². The largest absolute Gasteiger partial charge is 0.542 e. The number of benzene rings is 3. The number of halogens is 3. The number of nitrogens with one attached hydrogen (secondary N) is 2. The maximum atomic E-state index is 12.9. The molecule has 38 heavy (non-hydrogen) atoms. The van der Waals surface area contributed by atoms with E-state index in [-0.39, 0.29) is 10.7 Å². The molecule has 11 heteroatoms. The van der Waals surface area contributed by atoms with Crippen molar-refractivity contribution in [2.24, 2.45) is 0 Å². The van der Waals surface area contributed by atoms with Crippen LogP contribution in [-0.2, 0) is 16.2 Å². The van der Waals surface area contributed by atoms with Crippen LogP contribution in [0.3, 0.4) is 0 Å². The van der Waals surface area contributed by atoms with Gasteiger partial charge in [-0.15, -0.1) is 0 Å². The van der Waals surface area contributed by atoms with E-state index in [9.17, 15) is 26.4 Å². The van der Waals surface area contributed by atoms with Crippen molar-refractivity contribution in [3.8, 4) is 16.9 Å². The molecule has 0 atom stereocenters. The van der Waals surface area contributed by atoms with E-state index in [0.29, 0.717) is 28.1 Å². The first kappa shape index (κ1) is 29.2. The standard InChI is InChI=1S/C27H31F3N2O4SSi/c1-26(2,3)38(5,6)36-24-16-15-22(17-23(24)32-37(4,34)35)31-25(33)20-9-7-18(8-10-20)19-11-13-21(14-12-19)27(28,29)30/h7-17,32H,1-6H3,(H,31,33). The SMILES string of the molecule is CC(C)(C)[Si](C)(C)Oc1ccc(NC(=O)c2ccc(-c3ccc(C(F)(F)F)cc3)cc2)cc1NS(C)(=O)=O. The highest BCUT2D eigenvalue weighted by Crippen LogP contribution is 2.40. The Balaban J connectivity index is 1.81. The molecule has 3 aromatic rings. The predicted octanol–water partition coefficient (Wildman–Crippen LogP) is 7.38. The van der Waals surface area contributed by atoms with Crippen LogP contribution < -0.4 is 14.5 Å². The van der Waals surface area contributed by atoms with Gasteiger partial charge >= 0.3 is 6.18 Å². The Hall–Kier alpha value is -3.31. The molecule has 204 valence electrons. The Kier molecular flexibility index (Phi) is 8.04. The Morgan fingerprint density at radius 3 is 1.87 bits per heavy atom. The summed E-state index contributed by atoms with van der Waals surface area (Å²) < 4.78 is 71.2. The van der Waals surface area contributed by atoms with E-state index >= 15 is 0 Å². The zero-order valence-corrected chi connectivity index (χ0v) is 23.8. The number of alkyl halides is 3. The lowest BCUT2D eigenvalue weighted by Gasteiger charge is -2.37. The molecule has 1 amide bonds. The van der Waals surface area contributed by atoms with Gasteiger partial charge in [-0.1, -0.05) is 45.0 Å². The predicted molar refractivity (Wildman–Crippen MR) is 148 cm³/mol. The summed E-state index contributed by atoms with van der Waals surface area (Å²) in [7, 11) is -5.90. The van der Waals surface area contributed by atoms with Crippen LogP contribution in [0.4, 0.5) is 24.5 Å². The number of amides is 1. The molecule has 0 saturated heterocycles. The Bertz CT molecular complexity index is 1410. The van der Waals surface area contributed by atoms with Crippen LogP contribution in [0, 0.1) is 0 Å². The van der Waals surface area contributed by atoms with Crippen molar-refractivity contribution in [3.05, 3.63) is 77.9 Å². The van der Waals surface area contributed by atoms with Gasteiger partial charge in [0.15, 0.2) is 0 Å². The van der Waals surface area contributed by atoms with Gasteiger partial charge in [0.2, 0.25) is 10.0 Å². The second kappa shape index (κ2) is 10.5. The number of anilines is 2. The van der Waals surface area contributed by atoms with Crippen molar-refractivity contribution < 1.29 is 30.8 Å². The minimum atomic E-state index is -4.41. The fraction of sp³-hybridized carbons (Fsp3) is 0.296. The van der Waals surface area contributed by atoms with Gasteiger partial charge in [-0.3, -0.25) is 9.52 Å². The quantitative estimate of drug-likeness (QED) is 0.293. The average Bonchev–Trinajstić information content (AvgIpc) is 2.78. The van der Waals surface area contributed by atoms with Gasteiger partial charge in [0.25, 0.3) is 14.2 Å². The summed E-state index contributed by atoms with van der Waals surface area (Å²) in [5.74, 6) is -0.0618. The fourth-order valence-corrected chi connectivity index (χ4v) is 4.87. The average molecular weight is 565 g/mol. The Morgan fingerprint density at radius 2 is 1.39 bits per heavy atom. The van der Waals surface area contributed by atoms with Gasteiger partial charge in [-0.25, -0.2) is 8.42 Å². The molecule has 0 aliphatic carbocycles. The minimum absolute atomic E-state index is 0.116. The highest BCUT2D eigenvalue weighted by molar-refractivity contribution is 7.92. The first-order valence-corrected chi connectivity index (χ1v) is 16.6. The molecule has 0 bridgehead atoms. The number of sulfonamides is 1. The molecule has 0 saturated carbocycles. The molecule has 6 nitrogen and oxygen atoms in total. The van der Waals surface area contributed by atoms with Gasteiger partial charge in [0.1, 0.15) is 5.75 Å². The topological polar surface area (TPSA) is 84.5 Å². The van der Waals surface area contributed by atoms with Crippen LogP contribution in [0.25, 0.3) is 11.1 Å². The molecule has 0 aromatic heterocycles. The normalized spacial score (nSPS) is 12.7. The van der Waals surface area contributed by atoms with Crippen molar-refractivity contribution in [1.82, 2.24) is 0 Å². The third-order valence-corrected chi connectivity index (χ3v) is 11.3. The van der Waals surface area contributed by atoms with Gasteiger partial charge in [-0.2, -0.15) is 13.2 Å². The first-order valence-electron chi connectivity index (χ1n) is 11.8. The van der Waals surface area contributed by atoms with Crippen molar-refractivity contribution >= 4 is 35.6 Å². The number of rotatable bonds is 7. The van der Waals surface area contributed by atoms with E-state index in [1.165, 1.54) is 18.2 Å². The summed E-state index contributed by atoms with van der Waals surface area (Å²) in [4.78, 5) is 12.9. The monoisotopic (exact) mass is 564 g/mol. The lowest BCUT2D eigenvalue weighted by molar-refractivity contribution is -0.137. The smallest absolute Gasteiger partial charge is 0.416 e. The lowest BCUT2D eigenvalue weighted by atomic mass is 10.0. The minimum Gasteiger partial charge on any atom is -0.542 e. The third kappa shape index (κ3) is 7.38. The zero-order chi connectivity index (χ0) is 28.5. The fourth-order valence-electron chi connectivity index (χ4n) is 3.27. The van der Waals surface area contributed by atoms with Crippen LogP contribution in [0.5, 0.6) is 5.75 Å². The molecule has 0 radical (unpaired) electrons. The van der Waals surface area contributed by atoms with E-state index in [0.717, 1.165) is 18.4 Å². The van der Waals surface area contributed by atoms with Gasteiger partial charge < -0.3 is 9.74 Å². The lowest BCUT2D eigenvalue weighted by Crippen LogP contribution is -2.44. The summed E-state index contributed by atoms with van der Waals surface area (Å²) in [5.41, 5.74) is 1.40. The van der Waals surface area contributed by atoms with E-state index in [4.69, 9.17) is 4.43 Å². The number of carbonyl (C=O) groups excluding carboxylic acids is 1. The molecule has 0 heterocycles. The third-order valence-electron chi connectivity index (χ3n) is 6.40. The van der Waals surface area contributed by atoms with Crippen molar-refractivity contribution in [3.63, 3.8) is 0 Å². The zero-order valence-electron chi connectivity index (χ0n) is 22.0. The summed E-state index contributed by atoms with van der Waals surface area (Å²) in [6, 6.07) is 15.9. The summed E-state index contributed by atoms with van der Waals surface area (Å²) in [5, 5.41) is 2.63. The summed E-state index contributed by atoms with van der Waals surface area (Å²) in [6.45, 7) is 10.3. The molecule has 0 fully saturated rings. The number of hydrogen-bond donors (Lipinski definition) is 2. The van der Waals surface area contributed by atoms with E-state index in [2.05, 4.69) is 30.8 Å². The number of carbonyl (C=O) groups is 1. The molecule has 0 unspecified atom stereocenters. The summed E-state index contributed by atoms with van der Waals surface area (Å²) >= 11 is 0. The van der Waals surface area contributed by atoms with Crippen molar-refractivity contribution in [1.29, 1.82) is 0 Å². The maximum Gasteiger partial charge on any atom is 0.416 e. The Labute approximate surface area is 222 Å².